The molecule has 3 rings (SSSR count). The fraction of sp³-hybridized carbons (Fsp3) is 0.105. The van der Waals surface area contributed by atoms with E-state index in [1.54, 1.807) is 6.07 Å². The van der Waals surface area contributed by atoms with Crippen molar-refractivity contribution in [2.75, 3.05) is 16.9 Å². The zero-order valence-corrected chi connectivity index (χ0v) is 15.9. The molecule has 0 spiro atoms. The monoisotopic (exact) mass is 383 g/mol. The molecule has 0 radical (unpaired) electrons. The van der Waals surface area contributed by atoms with E-state index >= 15 is 0 Å². The number of rotatable bonds is 5. The van der Waals surface area contributed by atoms with Crippen LogP contribution in [0.15, 0.2) is 58.8 Å². The summed E-state index contributed by atoms with van der Waals surface area (Å²) >= 11 is 2.91. The van der Waals surface area contributed by atoms with Crippen molar-refractivity contribution in [2.24, 2.45) is 0 Å². The van der Waals surface area contributed by atoms with Gasteiger partial charge < -0.3 is 5.32 Å². The Morgan fingerprint density at radius 3 is 2.46 bits per heavy atom. The Morgan fingerprint density at radius 1 is 1.04 bits per heavy atom. The lowest BCUT2D eigenvalue weighted by Crippen LogP contribution is -2.12. The Labute approximate surface area is 159 Å². The number of nitrogens with one attached hydrogen (secondary N) is 2. The SMILES string of the molecule is CSc1ccccc1C(=O)Nc1nc(-c2ccc(NC(C)=O)cc2)cs1. The molecule has 26 heavy (non-hydrogen) atoms. The molecule has 0 aliphatic heterocycles. The summed E-state index contributed by atoms with van der Waals surface area (Å²) in [5, 5.41) is 8.03. The van der Waals surface area contributed by atoms with Crippen molar-refractivity contribution in [2.45, 2.75) is 11.8 Å². The van der Waals surface area contributed by atoms with Crippen LogP contribution in [0, 0.1) is 0 Å². The highest BCUT2D eigenvalue weighted by Gasteiger charge is 2.13. The van der Waals surface area contributed by atoms with Gasteiger partial charge in [-0.2, -0.15) is 0 Å². The first kappa shape index (κ1) is 18.2. The van der Waals surface area contributed by atoms with E-state index in [-0.39, 0.29) is 11.8 Å². The highest BCUT2D eigenvalue weighted by Crippen LogP contribution is 2.27. The lowest BCUT2D eigenvalue weighted by atomic mass is 10.1. The van der Waals surface area contributed by atoms with Crippen LogP contribution in [-0.2, 0) is 4.79 Å². The molecular formula is C19H17N3O2S2. The number of thioether (sulfide) groups is 1. The first-order valence-electron chi connectivity index (χ1n) is 7.85. The summed E-state index contributed by atoms with van der Waals surface area (Å²) in [6.07, 6.45) is 1.94. The quantitative estimate of drug-likeness (QED) is 0.624. The first-order valence-corrected chi connectivity index (χ1v) is 9.95. The second kappa shape index (κ2) is 8.16. The van der Waals surface area contributed by atoms with Crippen LogP contribution in [-0.4, -0.2) is 23.1 Å². The Morgan fingerprint density at radius 2 is 1.77 bits per heavy atom. The van der Waals surface area contributed by atoms with E-state index in [1.807, 2.05) is 54.1 Å². The molecule has 3 aromatic rings. The number of aromatic nitrogens is 1. The van der Waals surface area contributed by atoms with Crippen LogP contribution in [0.5, 0.6) is 0 Å². The minimum atomic E-state index is -0.170. The molecule has 1 aromatic heterocycles. The highest BCUT2D eigenvalue weighted by molar-refractivity contribution is 7.98. The number of benzene rings is 2. The molecule has 7 heteroatoms. The van der Waals surface area contributed by atoms with Gasteiger partial charge >= 0.3 is 0 Å². The summed E-state index contributed by atoms with van der Waals surface area (Å²) in [7, 11) is 0. The Kier molecular flexibility index (Phi) is 5.70. The molecule has 0 atom stereocenters. The van der Waals surface area contributed by atoms with Gasteiger partial charge in [-0.3, -0.25) is 14.9 Å². The van der Waals surface area contributed by atoms with Gasteiger partial charge in [0.05, 0.1) is 11.3 Å². The second-order valence-corrected chi connectivity index (χ2v) is 7.16. The Balaban J connectivity index is 1.73. The zero-order chi connectivity index (χ0) is 18.5. The van der Waals surface area contributed by atoms with E-state index in [9.17, 15) is 9.59 Å². The minimum Gasteiger partial charge on any atom is -0.326 e. The first-order chi connectivity index (χ1) is 12.6. The molecule has 0 bridgehead atoms. The number of nitrogens with zero attached hydrogens (tertiary/aromatic N) is 1. The molecule has 132 valence electrons. The van der Waals surface area contributed by atoms with Crippen LogP contribution < -0.4 is 10.6 Å². The summed E-state index contributed by atoms with van der Waals surface area (Å²) in [5.74, 6) is -0.279. The molecule has 2 amide bonds. The highest BCUT2D eigenvalue weighted by atomic mass is 32.2. The molecule has 5 nitrogen and oxygen atoms in total. The van der Waals surface area contributed by atoms with E-state index in [0.717, 1.165) is 21.8 Å². The third kappa shape index (κ3) is 4.30. The molecule has 2 aromatic carbocycles. The average molecular weight is 383 g/mol. The summed E-state index contributed by atoms with van der Waals surface area (Å²) in [6.45, 7) is 1.47. The van der Waals surface area contributed by atoms with Gasteiger partial charge in [-0.1, -0.05) is 24.3 Å². The van der Waals surface area contributed by atoms with Gasteiger partial charge in [-0.15, -0.1) is 23.1 Å². The molecule has 0 aliphatic carbocycles. The van der Waals surface area contributed by atoms with Crippen LogP contribution in [0.2, 0.25) is 0 Å². The Bertz CT molecular complexity index is 936. The zero-order valence-electron chi connectivity index (χ0n) is 14.3. The molecular weight excluding hydrogens is 366 g/mol. The summed E-state index contributed by atoms with van der Waals surface area (Å²) in [4.78, 5) is 29.0. The van der Waals surface area contributed by atoms with Crippen LogP contribution in [0.4, 0.5) is 10.8 Å². The van der Waals surface area contributed by atoms with E-state index < -0.39 is 0 Å². The van der Waals surface area contributed by atoms with Gasteiger partial charge in [-0.05, 0) is 30.5 Å². The van der Waals surface area contributed by atoms with Crippen molar-refractivity contribution in [3.63, 3.8) is 0 Å². The number of hydrogen-bond donors (Lipinski definition) is 2. The lowest BCUT2D eigenvalue weighted by molar-refractivity contribution is -0.114. The van der Waals surface area contributed by atoms with Crippen LogP contribution in [0.25, 0.3) is 11.3 Å². The molecule has 0 saturated carbocycles. The van der Waals surface area contributed by atoms with Gasteiger partial charge in [0.2, 0.25) is 5.91 Å². The maximum absolute atomic E-state index is 12.5. The summed E-state index contributed by atoms with van der Waals surface area (Å²) in [5.41, 5.74) is 3.06. The molecule has 0 unspecified atom stereocenters. The van der Waals surface area contributed by atoms with Crippen molar-refractivity contribution in [1.29, 1.82) is 0 Å². The van der Waals surface area contributed by atoms with E-state index in [4.69, 9.17) is 0 Å². The number of carbonyl (C=O) groups is 2. The molecule has 0 saturated heterocycles. The third-order valence-electron chi connectivity index (χ3n) is 3.58. The minimum absolute atomic E-state index is 0.109. The number of thiazole rings is 1. The fourth-order valence-electron chi connectivity index (χ4n) is 2.39. The molecule has 0 aliphatic rings. The second-order valence-electron chi connectivity index (χ2n) is 5.45. The van der Waals surface area contributed by atoms with Crippen LogP contribution in [0.3, 0.4) is 0 Å². The third-order valence-corrected chi connectivity index (χ3v) is 5.13. The van der Waals surface area contributed by atoms with Crippen molar-refractivity contribution < 1.29 is 9.59 Å². The van der Waals surface area contributed by atoms with Crippen molar-refractivity contribution in [3.8, 4) is 11.3 Å². The topological polar surface area (TPSA) is 71.1 Å². The summed E-state index contributed by atoms with van der Waals surface area (Å²) in [6, 6.07) is 14.9. The normalized spacial score (nSPS) is 10.4. The number of hydrogen-bond acceptors (Lipinski definition) is 5. The van der Waals surface area contributed by atoms with E-state index in [1.165, 1.54) is 30.0 Å². The molecule has 2 N–H and O–H groups in total. The Hall–Kier alpha value is -2.64. The predicted molar refractivity (Wildman–Crippen MR) is 108 cm³/mol. The number of carbonyl (C=O) groups excluding carboxylic acids is 2. The standard InChI is InChI=1S/C19H17N3O2S2/c1-12(23)20-14-9-7-13(8-10-14)16-11-26-19(21-16)22-18(24)15-5-3-4-6-17(15)25-2/h3-11H,1-2H3,(H,20,23)(H,21,22,24). The molecule has 0 fully saturated rings. The maximum atomic E-state index is 12.5. The van der Waals surface area contributed by atoms with E-state index in [0.29, 0.717) is 10.7 Å². The maximum Gasteiger partial charge on any atom is 0.258 e. The van der Waals surface area contributed by atoms with Crippen LogP contribution >= 0.6 is 23.1 Å². The average Bonchev–Trinajstić information content (AvgIpc) is 3.10. The van der Waals surface area contributed by atoms with Crippen molar-refractivity contribution in [1.82, 2.24) is 4.98 Å². The lowest BCUT2D eigenvalue weighted by Gasteiger charge is -2.06. The van der Waals surface area contributed by atoms with Gasteiger partial charge in [0.15, 0.2) is 5.13 Å². The predicted octanol–water partition coefficient (Wildman–Crippen LogP) is 4.74. The fourth-order valence-corrected chi connectivity index (χ4v) is 3.70. The largest absolute Gasteiger partial charge is 0.326 e. The van der Waals surface area contributed by atoms with Gasteiger partial charge in [0, 0.05) is 28.5 Å². The van der Waals surface area contributed by atoms with Crippen molar-refractivity contribution in [3.05, 3.63) is 59.5 Å². The number of anilines is 2. The number of amides is 2. The van der Waals surface area contributed by atoms with E-state index in [2.05, 4.69) is 15.6 Å². The molecule has 1 heterocycles. The van der Waals surface area contributed by atoms with Crippen LogP contribution in [0.1, 0.15) is 17.3 Å². The van der Waals surface area contributed by atoms with Gasteiger partial charge in [-0.25, -0.2) is 4.98 Å². The van der Waals surface area contributed by atoms with Gasteiger partial charge in [0.25, 0.3) is 5.91 Å². The van der Waals surface area contributed by atoms with Gasteiger partial charge in [0.1, 0.15) is 0 Å². The van der Waals surface area contributed by atoms with Crippen molar-refractivity contribution >= 4 is 45.7 Å². The smallest absolute Gasteiger partial charge is 0.258 e. The summed E-state index contributed by atoms with van der Waals surface area (Å²) < 4.78 is 0.